The van der Waals surface area contributed by atoms with E-state index in [1.54, 1.807) is 7.11 Å². The van der Waals surface area contributed by atoms with Crippen molar-refractivity contribution < 1.29 is 19.1 Å². The van der Waals surface area contributed by atoms with E-state index in [1.807, 2.05) is 29.2 Å². The number of rotatable bonds is 5. The highest BCUT2D eigenvalue weighted by atomic mass is 32.2. The van der Waals surface area contributed by atoms with Gasteiger partial charge in [0.25, 0.3) is 0 Å². The topological polar surface area (TPSA) is 55.8 Å². The second-order valence-electron chi connectivity index (χ2n) is 5.14. The van der Waals surface area contributed by atoms with Crippen LogP contribution >= 0.6 is 11.8 Å². The maximum atomic E-state index is 12.2. The number of benzene rings is 1. The Morgan fingerprint density at radius 3 is 2.36 bits per heavy atom. The fourth-order valence-electron chi connectivity index (χ4n) is 2.44. The summed E-state index contributed by atoms with van der Waals surface area (Å²) in [5.74, 6) is 1.10. The summed E-state index contributed by atoms with van der Waals surface area (Å²) >= 11 is 1.51. The van der Waals surface area contributed by atoms with Crippen molar-refractivity contribution in [2.24, 2.45) is 5.92 Å². The van der Waals surface area contributed by atoms with Crippen LogP contribution in [0.25, 0.3) is 0 Å². The Kier molecular flexibility index (Phi) is 6.12. The molecule has 1 heterocycles. The van der Waals surface area contributed by atoms with Crippen molar-refractivity contribution in [2.75, 3.05) is 33.1 Å². The van der Waals surface area contributed by atoms with Gasteiger partial charge in [-0.25, -0.2) is 0 Å². The minimum atomic E-state index is -0.167. The van der Waals surface area contributed by atoms with Crippen LogP contribution in [0.5, 0.6) is 5.75 Å². The summed E-state index contributed by atoms with van der Waals surface area (Å²) in [6.45, 7) is 1.25. The summed E-state index contributed by atoms with van der Waals surface area (Å²) in [6.07, 6.45) is 1.37. The van der Waals surface area contributed by atoms with Crippen LogP contribution in [0, 0.1) is 5.92 Å². The lowest BCUT2D eigenvalue weighted by Crippen LogP contribution is -2.41. The number of hydrogen-bond acceptors (Lipinski definition) is 5. The molecule has 0 spiro atoms. The molecule has 0 atom stereocenters. The normalized spacial score (nSPS) is 15.5. The number of ether oxygens (including phenoxy) is 2. The molecule has 0 saturated carbocycles. The van der Waals surface area contributed by atoms with Gasteiger partial charge in [-0.05, 0) is 37.1 Å². The molecular formula is C16H21NO4S. The monoisotopic (exact) mass is 323 g/mol. The highest BCUT2D eigenvalue weighted by Gasteiger charge is 2.27. The molecule has 0 aliphatic carbocycles. The van der Waals surface area contributed by atoms with Gasteiger partial charge in [-0.3, -0.25) is 9.59 Å². The van der Waals surface area contributed by atoms with Crippen molar-refractivity contribution in [3.8, 4) is 5.75 Å². The zero-order valence-electron chi connectivity index (χ0n) is 12.9. The van der Waals surface area contributed by atoms with Crippen molar-refractivity contribution >= 4 is 23.6 Å². The van der Waals surface area contributed by atoms with Crippen LogP contribution in [0.15, 0.2) is 29.2 Å². The zero-order valence-corrected chi connectivity index (χ0v) is 13.7. The molecule has 0 bridgehead atoms. The minimum Gasteiger partial charge on any atom is -0.497 e. The standard InChI is InChI=1S/C16H21NO4S/c1-20-13-3-5-14(6-4-13)22-11-15(18)17-9-7-12(8-10-17)16(19)21-2/h3-6,12H,7-11H2,1-2H3. The summed E-state index contributed by atoms with van der Waals surface area (Å²) < 4.78 is 9.86. The van der Waals surface area contributed by atoms with E-state index in [-0.39, 0.29) is 17.8 Å². The Bertz CT molecular complexity index is 509. The van der Waals surface area contributed by atoms with E-state index in [4.69, 9.17) is 9.47 Å². The summed E-state index contributed by atoms with van der Waals surface area (Å²) in [7, 11) is 3.04. The number of thioether (sulfide) groups is 1. The number of esters is 1. The van der Waals surface area contributed by atoms with Crippen LogP contribution in [0.3, 0.4) is 0 Å². The van der Waals surface area contributed by atoms with Gasteiger partial charge < -0.3 is 14.4 Å². The second kappa shape index (κ2) is 8.08. The van der Waals surface area contributed by atoms with Crippen molar-refractivity contribution in [2.45, 2.75) is 17.7 Å². The average molecular weight is 323 g/mol. The third-order valence-electron chi connectivity index (χ3n) is 3.80. The molecule has 2 rings (SSSR count). The number of nitrogens with zero attached hydrogens (tertiary/aromatic N) is 1. The van der Waals surface area contributed by atoms with Crippen LogP contribution in [0.1, 0.15) is 12.8 Å². The van der Waals surface area contributed by atoms with E-state index in [2.05, 4.69) is 0 Å². The van der Waals surface area contributed by atoms with Crippen molar-refractivity contribution in [1.29, 1.82) is 0 Å². The first kappa shape index (κ1) is 16.7. The van der Waals surface area contributed by atoms with Crippen LogP contribution < -0.4 is 4.74 Å². The first-order chi connectivity index (χ1) is 10.6. The maximum absolute atomic E-state index is 12.2. The number of hydrogen-bond donors (Lipinski definition) is 0. The van der Waals surface area contributed by atoms with Gasteiger partial charge in [-0.1, -0.05) is 0 Å². The third-order valence-corrected chi connectivity index (χ3v) is 4.80. The van der Waals surface area contributed by atoms with Gasteiger partial charge in [0.05, 0.1) is 25.9 Å². The Morgan fingerprint density at radius 1 is 1.18 bits per heavy atom. The van der Waals surface area contributed by atoms with Gasteiger partial charge in [0.15, 0.2) is 0 Å². The van der Waals surface area contributed by atoms with Crippen molar-refractivity contribution in [3.63, 3.8) is 0 Å². The molecule has 1 fully saturated rings. The van der Waals surface area contributed by atoms with E-state index in [0.29, 0.717) is 31.7 Å². The van der Waals surface area contributed by atoms with Gasteiger partial charge in [0.2, 0.25) is 5.91 Å². The number of carbonyl (C=O) groups is 2. The van der Waals surface area contributed by atoms with E-state index < -0.39 is 0 Å². The molecule has 120 valence electrons. The van der Waals surface area contributed by atoms with Crippen LogP contribution in [-0.2, 0) is 14.3 Å². The summed E-state index contributed by atoms with van der Waals surface area (Å²) in [5, 5.41) is 0. The molecule has 1 amide bonds. The smallest absolute Gasteiger partial charge is 0.308 e. The first-order valence-corrected chi connectivity index (χ1v) is 8.25. The van der Waals surface area contributed by atoms with Crippen LogP contribution in [-0.4, -0.2) is 49.8 Å². The van der Waals surface area contributed by atoms with Gasteiger partial charge >= 0.3 is 5.97 Å². The molecule has 1 saturated heterocycles. The Labute approximate surface area is 135 Å². The molecule has 1 aromatic rings. The lowest BCUT2D eigenvalue weighted by atomic mass is 9.97. The Hall–Kier alpha value is -1.69. The average Bonchev–Trinajstić information content (AvgIpc) is 2.59. The molecule has 22 heavy (non-hydrogen) atoms. The molecule has 5 nitrogen and oxygen atoms in total. The van der Waals surface area contributed by atoms with Gasteiger partial charge in [0.1, 0.15) is 5.75 Å². The lowest BCUT2D eigenvalue weighted by Gasteiger charge is -2.30. The zero-order chi connectivity index (χ0) is 15.9. The fourth-order valence-corrected chi connectivity index (χ4v) is 3.24. The minimum absolute atomic E-state index is 0.0664. The van der Waals surface area contributed by atoms with Crippen LogP contribution in [0.4, 0.5) is 0 Å². The lowest BCUT2D eigenvalue weighted by molar-refractivity contribution is -0.148. The SMILES string of the molecule is COC(=O)C1CCN(C(=O)CSc2ccc(OC)cc2)CC1. The fraction of sp³-hybridized carbons (Fsp3) is 0.500. The highest BCUT2D eigenvalue weighted by molar-refractivity contribution is 8.00. The summed E-state index contributed by atoms with van der Waals surface area (Å²) in [4.78, 5) is 26.5. The molecule has 0 N–H and O–H groups in total. The summed E-state index contributed by atoms with van der Waals surface area (Å²) in [6, 6.07) is 7.66. The maximum Gasteiger partial charge on any atom is 0.308 e. The third kappa shape index (κ3) is 4.40. The van der Waals surface area contributed by atoms with Gasteiger partial charge in [-0.2, -0.15) is 0 Å². The molecule has 0 unspecified atom stereocenters. The number of carbonyl (C=O) groups excluding carboxylic acids is 2. The summed E-state index contributed by atoms with van der Waals surface area (Å²) in [5.41, 5.74) is 0. The molecule has 1 aliphatic heterocycles. The Balaban J connectivity index is 1.77. The van der Waals surface area contributed by atoms with Crippen LogP contribution in [0.2, 0.25) is 0 Å². The van der Waals surface area contributed by atoms with Gasteiger partial charge in [-0.15, -0.1) is 11.8 Å². The molecule has 1 aliphatic rings. The van der Waals surface area contributed by atoms with E-state index in [0.717, 1.165) is 10.6 Å². The largest absolute Gasteiger partial charge is 0.497 e. The van der Waals surface area contributed by atoms with E-state index >= 15 is 0 Å². The Morgan fingerprint density at radius 2 is 1.82 bits per heavy atom. The second-order valence-corrected chi connectivity index (χ2v) is 6.19. The predicted molar refractivity (Wildman–Crippen MR) is 85.0 cm³/mol. The van der Waals surface area contributed by atoms with E-state index in [9.17, 15) is 9.59 Å². The van der Waals surface area contributed by atoms with E-state index in [1.165, 1.54) is 18.9 Å². The number of likely N-dealkylation sites (tertiary alicyclic amines) is 1. The quantitative estimate of drug-likeness (QED) is 0.614. The number of amides is 1. The first-order valence-electron chi connectivity index (χ1n) is 7.26. The molecule has 6 heteroatoms. The molecule has 1 aromatic carbocycles. The molecule has 0 radical (unpaired) electrons. The van der Waals surface area contributed by atoms with Crippen molar-refractivity contribution in [3.05, 3.63) is 24.3 Å². The molecule has 0 aromatic heterocycles. The van der Waals surface area contributed by atoms with Gasteiger partial charge in [0, 0.05) is 18.0 Å². The predicted octanol–water partition coefficient (Wildman–Crippen LogP) is 2.20. The van der Waals surface area contributed by atoms with Crippen molar-refractivity contribution in [1.82, 2.24) is 4.90 Å². The molecular weight excluding hydrogens is 302 g/mol. The highest BCUT2D eigenvalue weighted by Crippen LogP contribution is 2.23. The number of methoxy groups -OCH3 is 2. The number of piperidine rings is 1.